The molecule has 0 bridgehead atoms. The minimum Gasteiger partial charge on any atom is -0.357 e. The lowest BCUT2D eigenvalue weighted by atomic mass is 9.92. The molecule has 2 N–H and O–H groups in total. The van der Waals surface area contributed by atoms with Crippen LogP contribution in [0.25, 0.3) is 10.9 Å². The quantitative estimate of drug-likeness (QED) is 0.762. The lowest BCUT2D eigenvalue weighted by Gasteiger charge is -2.23. The highest BCUT2D eigenvalue weighted by molar-refractivity contribution is 7.89. The molecule has 1 atom stereocenters. The molecule has 0 amide bonds. The maximum absolute atomic E-state index is 13.0. The first kappa shape index (κ1) is 15.4. The van der Waals surface area contributed by atoms with Gasteiger partial charge in [-0.25, -0.2) is 17.5 Å². The zero-order valence-electron chi connectivity index (χ0n) is 12.9. The van der Waals surface area contributed by atoms with Gasteiger partial charge in [0.15, 0.2) is 0 Å². The molecule has 0 spiro atoms. The molecule has 0 saturated heterocycles. The number of sulfonamides is 1. The van der Waals surface area contributed by atoms with Gasteiger partial charge in [-0.15, -0.1) is 0 Å². The van der Waals surface area contributed by atoms with Crippen molar-refractivity contribution in [1.29, 1.82) is 0 Å². The number of nitrogens with one attached hydrogen (secondary N) is 2. The Labute approximate surface area is 139 Å². The molecular formula is C18H17FN2O2S. The topological polar surface area (TPSA) is 62.0 Å². The van der Waals surface area contributed by atoms with Crippen LogP contribution in [0.5, 0.6) is 0 Å². The second-order valence-corrected chi connectivity index (χ2v) is 7.80. The van der Waals surface area contributed by atoms with E-state index in [1.807, 2.05) is 18.2 Å². The van der Waals surface area contributed by atoms with Crippen molar-refractivity contribution in [3.05, 3.63) is 65.6 Å². The first-order valence-corrected chi connectivity index (χ1v) is 9.40. The van der Waals surface area contributed by atoms with Gasteiger partial charge in [0.05, 0.1) is 10.9 Å². The summed E-state index contributed by atoms with van der Waals surface area (Å²) in [5.41, 5.74) is 3.15. The Morgan fingerprint density at radius 3 is 2.62 bits per heavy atom. The summed E-state index contributed by atoms with van der Waals surface area (Å²) in [6.07, 6.45) is 2.60. The summed E-state index contributed by atoms with van der Waals surface area (Å²) in [6, 6.07) is 12.6. The van der Waals surface area contributed by atoms with Crippen molar-refractivity contribution in [2.45, 2.75) is 30.2 Å². The van der Waals surface area contributed by atoms with Gasteiger partial charge in [-0.05, 0) is 55.2 Å². The third-order valence-corrected chi connectivity index (χ3v) is 6.02. The fourth-order valence-electron chi connectivity index (χ4n) is 3.40. The molecule has 24 heavy (non-hydrogen) atoms. The Morgan fingerprint density at radius 1 is 1.08 bits per heavy atom. The van der Waals surface area contributed by atoms with Crippen LogP contribution in [0.4, 0.5) is 4.39 Å². The van der Waals surface area contributed by atoms with Crippen molar-refractivity contribution in [1.82, 2.24) is 9.71 Å². The van der Waals surface area contributed by atoms with E-state index < -0.39 is 15.8 Å². The van der Waals surface area contributed by atoms with Crippen LogP contribution >= 0.6 is 0 Å². The Kier molecular flexibility index (Phi) is 3.66. The van der Waals surface area contributed by atoms with Gasteiger partial charge in [0.2, 0.25) is 10.0 Å². The highest BCUT2D eigenvalue weighted by Gasteiger charge is 2.28. The van der Waals surface area contributed by atoms with E-state index in [9.17, 15) is 12.8 Å². The van der Waals surface area contributed by atoms with E-state index in [1.165, 1.54) is 17.7 Å². The molecule has 0 aliphatic heterocycles. The van der Waals surface area contributed by atoms with E-state index in [1.54, 1.807) is 0 Å². The molecule has 4 nitrogen and oxygen atoms in total. The molecule has 1 aliphatic carbocycles. The Bertz CT molecular complexity index is 994. The maximum Gasteiger partial charge on any atom is 0.241 e. The minimum atomic E-state index is -3.69. The summed E-state index contributed by atoms with van der Waals surface area (Å²) < 4.78 is 41.0. The molecule has 0 fully saturated rings. The molecule has 2 aromatic carbocycles. The van der Waals surface area contributed by atoms with E-state index in [0.29, 0.717) is 0 Å². The van der Waals surface area contributed by atoms with Crippen LogP contribution in [0.3, 0.4) is 0 Å². The monoisotopic (exact) mass is 344 g/mol. The van der Waals surface area contributed by atoms with E-state index >= 15 is 0 Å². The van der Waals surface area contributed by atoms with Crippen LogP contribution in [0.2, 0.25) is 0 Å². The fourth-order valence-corrected chi connectivity index (χ4v) is 4.64. The Balaban J connectivity index is 1.70. The van der Waals surface area contributed by atoms with Crippen LogP contribution in [0, 0.1) is 5.82 Å². The highest BCUT2D eigenvalue weighted by atomic mass is 32.2. The molecule has 0 saturated carbocycles. The SMILES string of the molecule is O=S(=O)(NC1CCCc2c1[nH]c1ccccc21)c1ccc(F)cc1. The van der Waals surface area contributed by atoms with Crippen LogP contribution in [0.1, 0.15) is 30.1 Å². The molecule has 1 aromatic heterocycles. The number of benzene rings is 2. The van der Waals surface area contributed by atoms with Gasteiger partial charge in [0.25, 0.3) is 0 Å². The smallest absolute Gasteiger partial charge is 0.241 e. The number of aromatic amines is 1. The summed E-state index contributed by atoms with van der Waals surface area (Å²) in [4.78, 5) is 3.44. The number of hydrogen-bond donors (Lipinski definition) is 2. The predicted octanol–water partition coefficient (Wildman–Crippen LogP) is 3.66. The van der Waals surface area contributed by atoms with Crippen molar-refractivity contribution in [3.8, 4) is 0 Å². The molecule has 3 aromatic rings. The molecule has 1 heterocycles. The largest absolute Gasteiger partial charge is 0.357 e. The number of rotatable bonds is 3. The van der Waals surface area contributed by atoms with Gasteiger partial charge in [-0.3, -0.25) is 0 Å². The van der Waals surface area contributed by atoms with Crippen LogP contribution in [0.15, 0.2) is 53.4 Å². The van der Waals surface area contributed by atoms with Crippen molar-refractivity contribution in [2.24, 2.45) is 0 Å². The lowest BCUT2D eigenvalue weighted by Crippen LogP contribution is -2.31. The summed E-state index contributed by atoms with van der Waals surface area (Å²) in [7, 11) is -3.69. The number of aryl methyl sites for hydroxylation is 1. The summed E-state index contributed by atoms with van der Waals surface area (Å²) in [5, 5.41) is 1.15. The van der Waals surface area contributed by atoms with Crippen LogP contribution in [-0.2, 0) is 16.4 Å². The number of hydrogen-bond acceptors (Lipinski definition) is 2. The average Bonchev–Trinajstić information content (AvgIpc) is 2.95. The van der Waals surface area contributed by atoms with Gasteiger partial charge < -0.3 is 4.98 Å². The van der Waals surface area contributed by atoms with Gasteiger partial charge in [-0.2, -0.15) is 0 Å². The molecular weight excluding hydrogens is 327 g/mol. The summed E-state index contributed by atoms with van der Waals surface area (Å²) in [5.74, 6) is -0.454. The van der Waals surface area contributed by atoms with Crippen LogP contribution < -0.4 is 4.72 Å². The van der Waals surface area contributed by atoms with Crippen LogP contribution in [-0.4, -0.2) is 13.4 Å². The standard InChI is InChI=1S/C18H17FN2O2S/c19-12-8-10-13(11-9-12)24(22,23)21-17-7-3-5-15-14-4-1-2-6-16(14)20-18(15)17/h1-2,4,6,8-11,17,20-21H,3,5,7H2. The molecule has 4 rings (SSSR count). The highest BCUT2D eigenvalue weighted by Crippen LogP contribution is 2.35. The Morgan fingerprint density at radius 2 is 1.83 bits per heavy atom. The van der Waals surface area contributed by atoms with E-state index in [0.717, 1.165) is 48.0 Å². The number of para-hydroxylation sites is 1. The lowest BCUT2D eigenvalue weighted by molar-refractivity contribution is 0.501. The van der Waals surface area contributed by atoms with Crippen molar-refractivity contribution < 1.29 is 12.8 Å². The Hall–Kier alpha value is -2.18. The third-order valence-electron chi connectivity index (χ3n) is 4.54. The van der Waals surface area contributed by atoms with E-state index in [4.69, 9.17) is 0 Å². The van der Waals surface area contributed by atoms with Crippen molar-refractivity contribution in [2.75, 3.05) is 0 Å². The summed E-state index contributed by atoms with van der Waals surface area (Å²) >= 11 is 0. The fraction of sp³-hybridized carbons (Fsp3) is 0.222. The first-order chi connectivity index (χ1) is 11.5. The van der Waals surface area contributed by atoms with E-state index in [2.05, 4.69) is 15.8 Å². The third kappa shape index (κ3) is 2.61. The normalized spacial score (nSPS) is 17.8. The summed E-state index contributed by atoms with van der Waals surface area (Å²) in [6.45, 7) is 0. The zero-order chi connectivity index (χ0) is 16.7. The second-order valence-electron chi connectivity index (χ2n) is 6.08. The van der Waals surface area contributed by atoms with E-state index in [-0.39, 0.29) is 10.9 Å². The van der Waals surface area contributed by atoms with Crippen molar-refractivity contribution >= 4 is 20.9 Å². The average molecular weight is 344 g/mol. The van der Waals surface area contributed by atoms with Gasteiger partial charge in [0.1, 0.15) is 5.82 Å². The second kappa shape index (κ2) is 5.72. The number of halogens is 1. The molecule has 124 valence electrons. The molecule has 1 unspecified atom stereocenters. The number of aromatic nitrogens is 1. The van der Waals surface area contributed by atoms with Crippen molar-refractivity contribution in [3.63, 3.8) is 0 Å². The predicted molar refractivity (Wildman–Crippen MR) is 90.7 cm³/mol. The van der Waals surface area contributed by atoms with Gasteiger partial charge in [0, 0.05) is 16.6 Å². The zero-order valence-corrected chi connectivity index (χ0v) is 13.7. The number of H-pyrrole nitrogens is 1. The minimum absolute atomic E-state index is 0.0761. The number of fused-ring (bicyclic) bond motifs is 3. The molecule has 1 aliphatic rings. The molecule has 0 radical (unpaired) electrons. The van der Waals surface area contributed by atoms with Gasteiger partial charge in [-0.1, -0.05) is 18.2 Å². The van der Waals surface area contributed by atoms with Gasteiger partial charge >= 0.3 is 0 Å². The molecule has 6 heteroatoms. The first-order valence-electron chi connectivity index (χ1n) is 7.92. The maximum atomic E-state index is 13.0.